The van der Waals surface area contributed by atoms with E-state index in [2.05, 4.69) is 46.3 Å². The molecule has 0 saturated heterocycles. The molecule has 0 aliphatic carbocycles. The van der Waals surface area contributed by atoms with Gasteiger partial charge < -0.3 is 5.32 Å². The summed E-state index contributed by atoms with van der Waals surface area (Å²) in [6, 6.07) is 7.74. The van der Waals surface area contributed by atoms with Gasteiger partial charge in [0.15, 0.2) is 5.82 Å². The van der Waals surface area contributed by atoms with Crippen molar-refractivity contribution in [3.63, 3.8) is 0 Å². The Kier molecular flexibility index (Phi) is 3.38. The summed E-state index contributed by atoms with van der Waals surface area (Å²) in [5, 5.41) is 6.95. The van der Waals surface area contributed by atoms with Crippen LogP contribution in [0.2, 0.25) is 0 Å². The second kappa shape index (κ2) is 5.33. The van der Waals surface area contributed by atoms with E-state index >= 15 is 0 Å². The van der Waals surface area contributed by atoms with Gasteiger partial charge in [-0.25, -0.2) is 4.98 Å². The van der Waals surface area contributed by atoms with E-state index in [9.17, 15) is 0 Å². The largest absolute Gasteiger partial charge is 0.357 e. The molecule has 0 fully saturated rings. The molecule has 3 aromatic rings. The fourth-order valence-corrected chi connectivity index (χ4v) is 1.88. The van der Waals surface area contributed by atoms with Gasteiger partial charge in [-0.3, -0.25) is 0 Å². The summed E-state index contributed by atoms with van der Waals surface area (Å²) >= 11 is 3.40. The predicted octanol–water partition coefficient (Wildman–Crippen LogP) is 1.92. The van der Waals surface area contributed by atoms with Gasteiger partial charge in [0, 0.05) is 17.1 Å². The van der Waals surface area contributed by atoms with Crippen LogP contribution < -0.4 is 5.32 Å². The van der Waals surface area contributed by atoms with Crippen LogP contribution in [-0.2, 0) is 0 Å². The fourth-order valence-electron chi connectivity index (χ4n) is 1.62. The third-order valence-electron chi connectivity index (χ3n) is 2.57. The Bertz CT molecular complexity index is 709. The van der Waals surface area contributed by atoms with Crippen molar-refractivity contribution in [3.8, 4) is 17.3 Å². The number of anilines is 1. The van der Waals surface area contributed by atoms with Gasteiger partial charge in [0.05, 0.1) is 0 Å². The van der Waals surface area contributed by atoms with Crippen molar-refractivity contribution >= 4 is 21.9 Å². The first kappa shape index (κ1) is 12.7. The summed E-state index contributed by atoms with van der Waals surface area (Å²) in [5.41, 5.74) is 0.897. The highest BCUT2D eigenvalue weighted by molar-refractivity contribution is 9.10. The minimum atomic E-state index is 0.416. The van der Waals surface area contributed by atoms with Crippen LogP contribution in [0, 0.1) is 0 Å². The van der Waals surface area contributed by atoms with Crippen molar-refractivity contribution in [2.24, 2.45) is 0 Å². The second-order valence-corrected chi connectivity index (χ2v) is 4.80. The third-order valence-corrected chi connectivity index (χ3v) is 3.10. The maximum Gasteiger partial charge on any atom is 0.257 e. The van der Waals surface area contributed by atoms with Gasteiger partial charge in [0.2, 0.25) is 5.95 Å². The van der Waals surface area contributed by atoms with Gasteiger partial charge in [0.25, 0.3) is 5.95 Å². The Labute approximate surface area is 123 Å². The number of hydrogen-bond acceptors (Lipinski definition) is 6. The zero-order chi connectivity index (χ0) is 13.9. The molecule has 0 spiro atoms. The van der Waals surface area contributed by atoms with E-state index in [0.717, 1.165) is 10.0 Å². The first-order chi connectivity index (χ1) is 9.76. The standard InChI is InChI=1S/C12H10BrN7/c1-14-11-17-10(8-2-4-9(13)5-3-8)18-12(19-11)20-7-15-6-16-20/h2-7H,1H3,(H,14,17,18,19). The van der Waals surface area contributed by atoms with Crippen molar-refractivity contribution in [3.05, 3.63) is 41.4 Å². The molecule has 0 atom stereocenters. The molecule has 0 radical (unpaired) electrons. The monoisotopic (exact) mass is 331 g/mol. The van der Waals surface area contributed by atoms with Crippen LogP contribution in [-0.4, -0.2) is 36.8 Å². The molecule has 2 heterocycles. The molecular weight excluding hydrogens is 322 g/mol. The Balaban J connectivity index is 2.11. The molecule has 2 aromatic heterocycles. The van der Waals surface area contributed by atoms with Gasteiger partial charge >= 0.3 is 0 Å². The molecule has 0 bridgehead atoms. The van der Waals surface area contributed by atoms with Gasteiger partial charge in [-0.15, -0.1) is 0 Å². The van der Waals surface area contributed by atoms with Crippen LogP contribution in [0.4, 0.5) is 5.95 Å². The molecule has 1 N–H and O–H groups in total. The summed E-state index contributed by atoms with van der Waals surface area (Å²) in [5.74, 6) is 1.46. The minimum Gasteiger partial charge on any atom is -0.357 e. The second-order valence-electron chi connectivity index (χ2n) is 3.88. The third kappa shape index (κ3) is 2.50. The summed E-state index contributed by atoms with van der Waals surface area (Å²) < 4.78 is 2.49. The number of aromatic nitrogens is 6. The Morgan fingerprint density at radius 1 is 1.10 bits per heavy atom. The molecule has 0 amide bonds. The Morgan fingerprint density at radius 2 is 1.90 bits per heavy atom. The molecule has 0 saturated carbocycles. The molecular formula is C12H10BrN7. The van der Waals surface area contributed by atoms with E-state index in [1.54, 1.807) is 13.4 Å². The van der Waals surface area contributed by atoms with E-state index < -0.39 is 0 Å². The van der Waals surface area contributed by atoms with Crippen LogP contribution in [0.25, 0.3) is 17.3 Å². The van der Waals surface area contributed by atoms with Gasteiger partial charge in [0.1, 0.15) is 12.7 Å². The highest BCUT2D eigenvalue weighted by Crippen LogP contribution is 2.19. The number of benzene rings is 1. The van der Waals surface area contributed by atoms with Crippen molar-refractivity contribution in [1.29, 1.82) is 0 Å². The quantitative estimate of drug-likeness (QED) is 0.789. The van der Waals surface area contributed by atoms with Crippen molar-refractivity contribution < 1.29 is 0 Å². The summed E-state index contributed by atoms with van der Waals surface area (Å²) in [4.78, 5) is 16.9. The average Bonchev–Trinajstić information content (AvgIpc) is 3.02. The van der Waals surface area contributed by atoms with Crippen LogP contribution in [0.5, 0.6) is 0 Å². The molecule has 1 aromatic carbocycles. The summed E-state index contributed by atoms with van der Waals surface area (Å²) in [7, 11) is 1.76. The van der Waals surface area contributed by atoms with E-state index in [0.29, 0.717) is 17.7 Å². The number of hydrogen-bond donors (Lipinski definition) is 1. The molecule has 7 nitrogen and oxygen atoms in total. The highest BCUT2D eigenvalue weighted by Gasteiger charge is 2.09. The number of rotatable bonds is 3. The first-order valence-electron chi connectivity index (χ1n) is 5.81. The molecule has 8 heteroatoms. The van der Waals surface area contributed by atoms with Gasteiger partial charge in [-0.05, 0) is 12.1 Å². The van der Waals surface area contributed by atoms with E-state index in [1.807, 2.05) is 24.3 Å². The smallest absolute Gasteiger partial charge is 0.257 e. The molecule has 0 aliphatic rings. The lowest BCUT2D eigenvalue weighted by atomic mass is 10.2. The van der Waals surface area contributed by atoms with E-state index in [-0.39, 0.29) is 0 Å². The Hall–Kier alpha value is -2.35. The maximum absolute atomic E-state index is 4.41. The summed E-state index contributed by atoms with van der Waals surface area (Å²) in [6.07, 6.45) is 2.97. The lowest BCUT2D eigenvalue weighted by molar-refractivity contribution is 0.798. The molecule has 0 aliphatic heterocycles. The van der Waals surface area contributed by atoms with Gasteiger partial charge in [-0.2, -0.15) is 24.7 Å². The zero-order valence-corrected chi connectivity index (χ0v) is 12.1. The van der Waals surface area contributed by atoms with Crippen molar-refractivity contribution in [1.82, 2.24) is 29.7 Å². The van der Waals surface area contributed by atoms with E-state index in [4.69, 9.17) is 0 Å². The van der Waals surface area contributed by atoms with Crippen molar-refractivity contribution in [2.75, 3.05) is 12.4 Å². The minimum absolute atomic E-state index is 0.416. The van der Waals surface area contributed by atoms with Crippen LogP contribution in [0.1, 0.15) is 0 Å². The molecule has 100 valence electrons. The van der Waals surface area contributed by atoms with Crippen LogP contribution >= 0.6 is 15.9 Å². The van der Waals surface area contributed by atoms with Gasteiger partial charge in [-0.1, -0.05) is 28.1 Å². The first-order valence-corrected chi connectivity index (χ1v) is 6.60. The van der Waals surface area contributed by atoms with E-state index in [1.165, 1.54) is 11.0 Å². The average molecular weight is 332 g/mol. The highest BCUT2D eigenvalue weighted by atomic mass is 79.9. The SMILES string of the molecule is CNc1nc(-c2ccc(Br)cc2)nc(-n2cncn2)n1. The van der Waals surface area contributed by atoms with Crippen molar-refractivity contribution in [2.45, 2.75) is 0 Å². The van der Waals surface area contributed by atoms with Crippen LogP contribution in [0.3, 0.4) is 0 Å². The maximum atomic E-state index is 4.41. The topological polar surface area (TPSA) is 81.4 Å². The predicted molar refractivity (Wildman–Crippen MR) is 77.4 cm³/mol. The normalized spacial score (nSPS) is 10.5. The zero-order valence-electron chi connectivity index (χ0n) is 10.5. The number of nitrogens with one attached hydrogen (secondary N) is 1. The van der Waals surface area contributed by atoms with Crippen LogP contribution in [0.15, 0.2) is 41.4 Å². The Morgan fingerprint density at radius 3 is 2.55 bits per heavy atom. The number of halogens is 1. The number of nitrogens with zero attached hydrogens (tertiary/aromatic N) is 6. The fraction of sp³-hybridized carbons (Fsp3) is 0.0833. The molecule has 20 heavy (non-hydrogen) atoms. The summed E-state index contributed by atoms with van der Waals surface area (Å²) in [6.45, 7) is 0. The molecule has 0 unspecified atom stereocenters. The molecule has 3 rings (SSSR count). The lowest BCUT2D eigenvalue weighted by Crippen LogP contribution is -2.08. The lowest BCUT2D eigenvalue weighted by Gasteiger charge is -2.06.